The lowest BCUT2D eigenvalue weighted by Crippen LogP contribution is -2.50. The number of benzene rings is 4. The minimum atomic E-state index is -2.48. The van der Waals surface area contributed by atoms with Gasteiger partial charge in [0, 0.05) is 42.7 Å². The number of halogens is 2. The quantitative estimate of drug-likeness (QED) is 0.229. The average molecular weight is 501 g/mol. The normalized spacial score (nSPS) is 16.9. The van der Waals surface area contributed by atoms with Crippen molar-refractivity contribution >= 4 is 11.9 Å². The van der Waals surface area contributed by atoms with Crippen LogP contribution in [0.3, 0.4) is 0 Å². The van der Waals surface area contributed by atoms with Gasteiger partial charge in [0.15, 0.2) is 0 Å². The van der Waals surface area contributed by atoms with E-state index in [1.807, 2.05) is 30.1 Å². The molecule has 0 spiro atoms. The summed E-state index contributed by atoms with van der Waals surface area (Å²) in [5.74, 6) is 0. The summed E-state index contributed by atoms with van der Waals surface area (Å²) in [6.07, 6.45) is -1.48. The molecule has 184 valence electrons. The summed E-state index contributed by atoms with van der Waals surface area (Å²) < 4.78 is 29.4. The molecule has 1 heterocycles. The van der Waals surface area contributed by atoms with Crippen LogP contribution in [0.15, 0.2) is 114 Å². The van der Waals surface area contributed by atoms with Crippen LogP contribution < -0.4 is 0 Å². The first-order chi connectivity index (χ1) is 17.7. The monoisotopic (exact) mass is 500 g/mol. The summed E-state index contributed by atoms with van der Waals surface area (Å²) >= 11 is 1.85. The number of nitrogens with zero attached hydrogens (tertiary/aromatic N) is 2. The molecule has 0 aliphatic carbocycles. The molecule has 1 atom stereocenters. The molecule has 1 unspecified atom stereocenters. The zero-order valence-corrected chi connectivity index (χ0v) is 21.0. The second-order valence-corrected chi connectivity index (χ2v) is 10.3. The Morgan fingerprint density at radius 2 is 1.39 bits per heavy atom. The predicted octanol–water partition coefficient (Wildman–Crippen LogP) is 7.73. The van der Waals surface area contributed by atoms with Crippen LogP contribution in [-0.2, 0) is 13.0 Å². The van der Waals surface area contributed by atoms with Crippen LogP contribution in [0.1, 0.15) is 23.1 Å². The minimum absolute atomic E-state index is 0.0843. The Labute approximate surface area is 216 Å². The van der Waals surface area contributed by atoms with E-state index in [2.05, 4.69) is 82.0 Å². The minimum Gasteiger partial charge on any atom is -0.296 e. The number of hydrogen-bond acceptors (Lipinski definition) is 3. The lowest BCUT2D eigenvalue weighted by molar-refractivity contribution is 0.137. The highest BCUT2D eigenvalue weighted by molar-refractivity contribution is 7.97. The summed E-state index contributed by atoms with van der Waals surface area (Å²) in [4.78, 5) is 3.78. The molecule has 0 N–H and O–H groups in total. The maximum atomic E-state index is 13.5. The van der Waals surface area contributed by atoms with Crippen molar-refractivity contribution in [1.82, 2.24) is 9.21 Å². The summed E-state index contributed by atoms with van der Waals surface area (Å²) in [5, 5.41) is 0. The maximum absolute atomic E-state index is 13.5. The standard InChI is InChI=1S/C31H30F2N2S/c32-31(33)30-14-8-7-13-29(30)26-17-15-25(16-18-26)22-34-19-20-35(36-28-11-5-2-6-12-28)27(23-34)21-24-9-3-1-4-10-24/h1-18,27,31H,19-23H2. The molecule has 2 nitrogen and oxygen atoms in total. The van der Waals surface area contributed by atoms with E-state index >= 15 is 0 Å². The molecule has 4 aromatic carbocycles. The Hall–Kier alpha value is -2.99. The van der Waals surface area contributed by atoms with Crippen molar-refractivity contribution < 1.29 is 8.78 Å². The Kier molecular flexibility index (Phi) is 8.11. The first-order valence-electron chi connectivity index (χ1n) is 12.4. The molecule has 36 heavy (non-hydrogen) atoms. The topological polar surface area (TPSA) is 6.48 Å². The first kappa shape index (κ1) is 24.7. The molecule has 0 saturated carbocycles. The highest BCUT2D eigenvalue weighted by atomic mass is 32.2. The van der Waals surface area contributed by atoms with E-state index in [0.717, 1.165) is 38.2 Å². The van der Waals surface area contributed by atoms with E-state index in [9.17, 15) is 8.78 Å². The van der Waals surface area contributed by atoms with E-state index < -0.39 is 6.43 Å². The molecular formula is C31H30F2N2S. The largest absolute Gasteiger partial charge is 0.296 e. The van der Waals surface area contributed by atoms with Crippen molar-refractivity contribution in [2.45, 2.75) is 30.3 Å². The molecule has 0 bridgehead atoms. The van der Waals surface area contributed by atoms with Gasteiger partial charge in [-0.25, -0.2) is 13.1 Å². The second kappa shape index (κ2) is 11.8. The Bertz CT molecular complexity index is 1230. The van der Waals surface area contributed by atoms with Gasteiger partial charge in [-0.3, -0.25) is 4.90 Å². The Morgan fingerprint density at radius 1 is 0.722 bits per heavy atom. The van der Waals surface area contributed by atoms with Gasteiger partial charge in [-0.15, -0.1) is 0 Å². The smallest absolute Gasteiger partial charge is 0.264 e. The summed E-state index contributed by atoms with van der Waals surface area (Å²) in [6, 6.07) is 36.5. The van der Waals surface area contributed by atoms with Gasteiger partial charge in [0.05, 0.1) is 0 Å². The third-order valence-electron chi connectivity index (χ3n) is 6.66. The fraction of sp³-hybridized carbons (Fsp3) is 0.226. The van der Waals surface area contributed by atoms with Crippen molar-refractivity contribution in [2.24, 2.45) is 0 Å². The number of rotatable bonds is 8. The Morgan fingerprint density at radius 3 is 2.11 bits per heavy atom. The molecule has 0 amide bonds. The number of hydrogen-bond donors (Lipinski definition) is 0. The van der Waals surface area contributed by atoms with Crippen LogP contribution in [0.25, 0.3) is 11.1 Å². The van der Waals surface area contributed by atoms with Gasteiger partial charge >= 0.3 is 0 Å². The highest BCUT2D eigenvalue weighted by Gasteiger charge is 2.28. The molecular weight excluding hydrogens is 470 g/mol. The van der Waals surface area contributed by atoms with Gasteiger partial charge in [-0.1, -0.05) is 97.1 Å². The summed E-state index contributed by atoms with van der Waals surface area (Å²) in [7, 11) is 0. The van der Waals surface area contributed by atoms with Gasteiger partial charge in [0.1, 0.15) is 0 Å². The summed E-state index contributed by atoms with van der Waals surface area (Å²) in [5.41, 5.74) is 4.08. The molecule has 4 aromatic rings. The fourth-order valence-electron chi connectivity index (χ4n) is 4.83. The van der Waals surface area contributed by atoms with Gasteiger partial charge in [-0.05, 0) is 52.8 Å². The van der Waals surface area contributed by atoms with E-state index in [1.54, 1.807) is 12.1 Å². The average Bonchev–Trinajstić information content (AvgIpc) is 2.92. The molecule has 1 fully saturated rings. The lowest BCUT2D eigenvalue weighted by Gasteiger charge is -2.41. The van der Waals surface area contributed by atoms with E-state index in [1.165, 1.54) is 22.1 Å². The molecule has 5 rings (SSSR count). The number of piperazine rings is 1. The van der Waals surface area contributed by atoms with E-state index in [0.29, 0.717) is 11.6 Å². The van der Waals surface area contributed by atoms with Crippen LogP contribution in [0.5, 0.6) is 0 Å². The van der Waals surface area contributed by atoms with Crippen molar-refractivity contribution in [2.75, 3.05) is 19.6 Å². The second-order valence-electron chi connectivity index (χ2n) is 9.21. The predicted molar refractivity (Wildman–Crippen MR) is 145 cm³/mol. The Balaban J connectivity index is 1.28. The molecule has 1 aliphatic heterocycles. The van der Waals surface area contributed by atoms with Crippen molar-refractivity contribution in [3.8, 4) is 11.1 Å². The first-order valence-corrected chi connectivity index (χ1v) is 13.2. The van der Waals surface area contributed by atoms with Gasteiger partial charge in [0.2, 0.25) is 0 Å². The zero-order valence-electron chi connectivity index (χ0n) is 20.1. The molecule has 1 aliphatic rings. The van der Waals surface area contributed by atoms with Crippen LogP contribution in [-0.4, -0.2) is 34.9 Å². The molecule has 5 heteroatoms. The van der Waals surface area contributed by atoms with Crippen LogP contribution >= 0.6 is 11.9 Å². The third-order valence-corrected chi connectivity index (χ3v) is 7.86. The van der Waals surface area contributed by atoms with Crippen molar-refractivity contribution in [3.05, 3.63) is 126 Å². The van der Waals surface area contributed by atoms with Gasteiger partial charge < -0.3 is 0 Å². The number of alkyl halides is 2. The maximum Gasteiger partial charge on any atom is 0.264 e. The SMILES string of the molecule is FC(F)c1ccccc1-c1ccc(CN2CCN(Sc3ccccc3)C(Cc3ccccc3)C2)cc1. The molecule has 1 saturated heterocycles. The van der Waals surface area contributed by atoms with Crippen LogP contribution in [0.4, 0.5) is 8.78 Å². The van der Waals surface area contributed by atoms with Crippen molar-refractivity contribution in [3.63, 3.8) is 0 Å². The lowest BCUT2D eigenvalue weighted by atomic mass is 9.98. The van der Waals surface area contributed by atoms with E-state index in [-0.39, 0.29) is 5.56 Å². The van der Waals surface area contributed by atoms with Crippen LogP contribution in [0, 0.1) is 0 Å². The molecule has 0 aromatic heterocycles. The fourth-order valence-corrected chi connectivity index (χ4v) is 5.85. The van der Waals surface area contributed by atoms with Crippen molar-refractivity contribution in [1.29, 1.82) is 0 Å². The molecule has 0 radical (unpaired) electrons. The third kappa shape index (κ3) is 6.22. The van der Waals surface area contributed by atoms with E-state index in [4.69, 9.17) is 0 Å². The highest BCUT2D eigenvalue weighted by Crippen LogP contribution is 2.32. The zero-order chi connectivity index (χ0) is 24.7. The summed E-state index contributed by atoms with van der Waals surface area (Å²) in [6.45, 7) is 3.80. The van der Waals surface area contributed by atoms with Gasteiger partial charge in [0.25, 0.3) is 6.43 Å². The van der Waals surface area contributed by atoms with Gasteiger partial charge in [-0.2, -0.15) is 0 Å². The van der Waals surface area contributed by atoms with Crippen LogP contribution in [0.2, 0.25) is 0 Å².